The van der Waals surface area contributed by atoms with Crippen LogP contribution in [-0.2, 0) is 19.3 Å². The fourth-order valence-corrected chi connectivity index (χ4v) is 3.07. The van der Waals surface area contributed by atoms with Crippen molar-refractivity contribution in [3.63, 3.8) is 0 Å². The summed E-state index contributed by atoms with van der Waals surface area (Å²) in [5.74, 6) is 0.948. The van der Waals surface area contributed by atoms with Crippen LogP contribution in [0.1, 0.15) is 35.2 Å². The van der Waals surface area contributed by atoms with Gasteiger partial charge in [0.15, 0.2) is 0 Å². The predicted octanol–water partition coefficient (Wildman–Crippen LogP) is 3.69. The minimum Gasteiger partial charge on any atom is -0.497 e. The Bertz CT molecular complexity index is 603. The first-order valence-corrected chi connectivity index (χ1v) is 7.78. The van der Waals surface area contributed by atoms with E-state index in [2.05, 4.69) is 54.7 Å². The van der Waals surface area contributed by atoms with Crippen molar-refractivity contribution in [3.05, 3.63) is 64.7 Å². The summed E-state index contributed by atoms with van der Waals surface area (Å²) in [6.45, 7) is 3.25. The Morgan fingerprint density at radius 2 is 1.86 bits per heavy atom. The molecule has 1 N–H and O–H groups in total. The minimum absolute atomic E-state index is 0.385. The molecule has 2 heteroatoms. The maximum atomic E-state index is 5.38. The van der Waals surface area contributed by atoms with Crippen LogP contribution in [0.3, 0.4) is 0 Å². The molecule has 3 rings (SSSR count). The van der Waals surface area contributed by atoms with Crippen molar-refractivity contribution in [1.82, 2.24) is 5.32 Å². The summed E-state index contributed by atoms with van der Waals surface area (Å²) in [6.07, 6.45) is 3.23. The van der Waals surface area contributed by atoms with Gasteiger partial charge < -0.3 is 10.1 Å². The molecule has 1 heterocycles. The maximum Gasteiger partial charge on any atom is 0.119 e. The molecule has 21 heavy (non-hydrogen) atoms. The molecule has 0 aliphatic carbocycles. The number of methoxy groups -OCH3 is 1. The SMILES string of the molecule is CCc1ccc(CC2NCCc3ccc(OC)cc32)cc1. The lowest BCUT2D eigenvalue weighted by molar-refractivity contribution is 0.411. The zero-order valence-electron chi connectivity index (χ0n) is 12.9. The van der Waals surface area contributed by atoms with Gasteiger partial charge in [0, 0.05) is 6.04 Å². The third kappa shape index (κ3) is 3.11. The van der Waals surface area contributed by atoms with E-state index >= 15 is 0 Å². The highest BCUT2D eigenvalue weighted by Crippen LogP contribution is 2.29. The predicted molar refractivity (Wildman–Crippen MR) is 87.0 cm³/mol. The van der Waals surface area contributed by atoms with Gasteiger partial charge in [-0.2, -0.15) is 0 Å². The van der Waals surface area contributed by atoms with Crippen LogP contribution in [0.25, 0.3) is 0 Å². The molecule has 0 fully saturated rings. The van der Waals surface area contributed by atoms with Gasteiger partial charge in [-0.05, 0) is 60.2 Å². The van der Waals surface area contributed by atoms with Gasteiger partial charge in [0.1, 0.15) is 5.75 Å². The highest BCUT2D eigenvalue weighted by atomic mass is 16.5. The van der Waals surface area contributed by atoms with Gasteiger partial charge in [-0.25, -0.2) is 0 Å². The third-order valence-electron chi connectivity index (χ3n) is 4.38. The van der Waals surface area contributed by atoms with E-state index in [1.54, 1.807) is 7.11 Å². The van der Waals surface area contributed by atoms with E-state index in [1.807, 2.05) is 0 Å². The Hall–Kier alpha value is -1.80. The molecule has 0 radical (unpaired) electrons. The quantitative estimate of drug-likeness (QED) is 0.923. The molecule has 2 aromatic rings. The lowest BCUT2D eigenvalue weighted by Gasteiger charge is -2.27. The first-order valence-electron chi connectivity index (χ1n) is 7.78. The average molecular weight is 281 g/mol. The number of nitrogens with one attached hydrogen (secondary N) is 1. The Labute approximate surface area is 127 Å². The molecule has 2 aromatic carbocycles. The average Bonchev–Trinajstić information content (AvgIpc) is 2.55. The summed E-state index contributed by atoms with van der Waals surface area (Å²) in [5.41, 5.74) is 5.63. The monoisotopic (exact) mass is 281 g/mol. The van der Waals surface area contributed by atoms with Crippen LogP contribution in [0.2, 0.25) is 0 Å². The number of hydrogen-bond donors (Lipinski definition) is 1. The van der Waals surface area contributed by atoms with E-state index in [9.17, 15) is 0 Å². The van der Waals surface area contributed by atoms with Gasteiger partial charge in [0.2, 0.25) is 0 Å². The Morgan fingerprint density at radius 1 is 1.10 bits per heavy atom. The standard InChI is InChI=1S/C19H23NO/c1-3-14-4-6-15(7-5-14)12-19-18-13-17(21-2)9-8-16(18)10-11-20-19/h4-9,13,19-20H,3,10-12H2,1-2H3. The molecule has 0 spiro atoms. The molecule has 0 amide bonds. The van der Waals surface area contributed by atoms with Gasteiger partial charge in [-0.1, -0.05) is 37.3 Å². The number of rotatable bonds is 4. The fraction of sp³-hybridized carbons (Fsp3) is 0.368. The summed E-state index contributed by atoms with van der Waals surface area (Å²) in [4.78, 5) is 0. The second kappa shape index (κ2) is 6.31. The largest absolute Gasteiger partial charge is 0.497 e. The van der Waals surface area contributed by atoms with E-state index < -0.39 is 0 Å². The molecule has 0 saturated carbocycles. The summed E-state index contributed by atoms with van der Waals surface area (Å²) < 4.78 is 5.38. The molecule has 0 aromatic heterocycles. The van der Waals surface area contributed by atoms with Crippen molar-refractivity contribution >= 4 is 0 Å². The second-order valence-electron chi connectivity index (χ2n) is 5.70. The van der Waals surface area contributed by atoms with Crippen molar-refractivity contribution in [2.45, 2.75) is 32.2 Å². The minimum atomic E-state index is 0.385. The zero-order chi connectivity index (χ0) is 14.7. The number of ether oxygens (including phenoxy) is 1. The third-order valence-corrected chi connectivity index (χ3v) is 4.38. The van der Waals surface area contributed by atoms with Crippen LogP contribution in [-0.4, -0.2) is 13.7 Å². The Balaban J connectivity index is 1.83. The first kappa shape index (κ1) is 14.2. The number of benzene rings is 2. The van der Waals surface area contributed by atoms with E-state index in [1.165, 1.54) is 22.3 Å². The normalized spacial score (nSPS) is 17.3. The van der Waals surface area contributed by atoms with Crippen molar-refractivity contribution < 1.29 is 4.74 Å². The van der Waals surface area contributed by atoms with Crippen molar-refractivity contribution in [2.24, 2.45) is 0 Å². The maximum absolute atomic E-state index is 5.38. The summed E-state index contributed by atoms with van der Waals surface area (Å²) in [7, 11) is 1.73. The van der Waals surface area contributed by atoms with Crippen LogP contribution in [0.5, 0.6) is 5.75 Å². The topological polar surface area (TPSA) is 21.3 Å². The fourth-order valence-electron chi connectivity index (χ4n) is 3.07. The van der Waals surface area contributed by atoms with Gasteiger partial charge in [-0.15, -0.1) is 0 Å². The molecule has 2 nitrogen and oxygen atoms in total. The van der Waals surface area contributed by atoms with Crippen LogP contribution >= 0.6 is 0 Å². The lowest BCUT2D eigenvalue weighted by Crippen LogP contribution is -2.31. The number of aryl methyl sites for hydroxylation is 1. The van der Waals surface area contributed by atoms with E-state index in [4.69, 9.17) is 4.74 Å². The molecule has 0 bridgehead atoms. The van der Waals surface area contributed by atoms with Crippen molar-refractivity contribution in [3.8, 4) is 5.75 Å². The van der Waals surface area contributed by atoms with Crippen LogP contribution < -0.4 is 10.1 Å². The van der Waals surface area contributed by atoms with Gasteiger partial charge >= 0.3 is 0 Å². The molecule has 1 aliphatic heterocycles. The van der Waals surface area contributed by atoms with Gasteiger partial charge in [0.25, 0.3) is 0 Å². The summed E-state index contributed by atoms with van der Waals surface area (Å²) in [5, 5.41) is 3.65. The van der Waals surface area contributed by atoms with Crippen LogP contribution in [0.4, 0.5) is 0 Å². The number of fused-ring (bicyclic) bond motifs is 1. The highest BCUT2D eigenvalue weighted by Gasteiger charge is 2.20. The van der Waals surface area contributed by atoms with E-state index in [0.717, 1.165) is 31.6 Å². The van der Waals surface area contributed by atoms with E-state index in [0.29, 0.717) is 6.04 Å². The second-order valence-corrected chi connectivity index (χ2v) is 5.70. The van der Waals surface area contributed by atoms with Crippen molar-refractivity contribution in [1.29, 1.82) is 0 Å². The van der Waals surface area contributed by atoms with Crippen LogP contribution in [0.15, 0.2) is 42.5 Å². The van der Waals surface area contributed by atoms with Gasteiger partial charge in [0.05, 0.1) is 7.11 Å². The molecular formula is C19H23NO. The molecule has 1 unspecified atom stereocenters. The summed E-state index contributed by atoms with van der Waals surface area (Å²) in [6, 6.07) is 15.8. The molecule has 0 saturated heterocycles. The van der Waals surface area contributed by atoms with E-state index in [-0.39, 0.29) is 0 Å². The van der Waals surface area contributed by atoms with Crippen LogP contribution in [0, 0.1) is 0 Å². The first-order chi connectivity index (χ1) is 10.3. The molecule has 110 valence electrons. The molecule has 1 aliphatic rings. The summed E-state index contributed by atoms with van der Waals surface area (Å²) >= 11 is 0. The lowest BCUT2D eigenvalue weighted by atomic mass is 9.90. The Kier molecular flexibility index (Phi) is 4.26. The molecular weight excluding hydrogens is 258 g/mol. The molecule has 1 atom stereocenters. The Morgan fingerprint density at radius 3 is 2.57 bits per heavy atom. The van der Waals surface area contributed by atoms with Gasteiger partial charge in [-0.3, -0.25) is 0 Å². The number of hydrogen-bond acceptors (Lipinski definition) is 2. The highest BCUT2D eigenvalue weighted by molar-refractivity contribution is 5.40. The zero-order valence-corrected chi connectivity index (χ0v) is 12.9. The van der Waals surface area contributed by atoms with Crippen molar-refractivity contribution in [2.75, 3.05) is 13.7 Å². The smallest absolute Gasteiger partial charge is 0.119 e.